The third-order valence-electron chi connectivity index (χ3n) is 6.77. The van der Waals surface area contributed by atoms with E-state index in [4.69, 9.17) is 11.1 Å². The molecule has 3 aromatic rings. The molecule has 4 rings (SSSR count). The zero-order valence-electron chi connectivity index (χ0n) is 20.5. The molecule has 11 heteroatoms. The fourth-order valence-electron chi connectivity index (χ4n) is 4.60. The van der Waals surface area contributed by atoms with Crippen LogP contribution in [0.5, 0.6) is 0 Å². The van der Waals surface area contributed by atoms with E-state index in [2.05, 4.69) is 15.6 Å². The fraction of sp³-hybridized carbons (Fsp3) is 0.269. The summed E-state index contributed by atoms with van der Waals surface area (Å²) in [6.45, 7) is 0.971. The number of nitrogens with zero attached hydrogens (tertiary/aromatic N) is 1. The van der Waals surface area contributed by atoms with E-state index in [0.717, 1.165) is 16.5 Å². The third-order valence-corrected chi connectivity index (χ3v) is 6.77. The van der Waals surface area contributed by atoms with Crippen molar-refractivity contribution in [3.8, 4) is 0 Å². The highest BCUT2D eigenvalue weighted by molar-refractivity contribution is 6.32. The molecule has 0 saturated carbocycles. The number of guanidine groups is 1. The van der Waals surface area contributed by atoms with Gasteiger partial charge in [0, 0.05) is 42.8 Å². The van der Waals surface area contributed by atoms with Crippen LogP contribution in [0.1, 0.15) is 24.0 Å². The highest BCUT2D eigenvalue weighted by Gasteiger charge is 2.42. The van der Waals surface area contributed by atoms with Crippen LogP contribution in [0.15, 0.2) is 48.7 Å². The smallest absolute Gasteiger partial charge is 0.245 e. The molecule has 8 nitrogen and oxygen atoms in total. The predicted molar refractivity (Wildman–Crippen MR) is 142 cm³/mol. The number of aromatic nitrogens is 1. The number of H-pyrrole nitrogens is 1. The maximum absolute atomic E-state index is 13.7. The van der Waals surface area contributed by atoms with E-state index in [1.54, 1.807) is 43.2 Å². The molecule has 0 unspecified atom stereocenters. The van der Waals surface area contributed by atoms with Gasteiger partial charge in [-0.1, -0.05) is 17.6 Å². The highest BCUT2D eigenvalue weighted by atomic mass is 19.1. The van der Waals surface area contributed by atoms with Crippen molar-refractivity contribution >= 4 is 48.1 Å². The van der Waals surface area contributed by atoms with Gasteiger partial charge in [0.15, 0.2) is 5.96 Å². The highest BCUT2D eigenvalue weighted by Crippen LogP contribution is 2.24. The summed E-state index contributed by atoms with van der Waals surface area (Å²) >= 11 is 0. The summed E-state index contributed by atoms with van der Waals surface area (Å²) in [7, 11) is 1.64. The Bertz CT molecular complexity index is 1360. The maximum Gasteiger partial charge on any atom is 0.245 e. The van der Waals surface area contributed by atoms with Gasteiger partial charge in [0.1, 0.15) is 25.0 Å². The monoisotopic (exact) mass is 506 g/mol. The Hall–Kier alpha value is -4.15. The summed E-state index contributed by atoms with van der Waals surface area (Å²) < 4.78 is 27.2. The summed E-state index contributed by atoms with van der Waals surface area (Å²) in [5, 5.41) is 14.2. The lowest BCUT2D eigenvalue weighted by Gasteiger charge is -2.41. The second-order valence-corrected chi connectivity index (χ2v) is 9.30. The van der Waals surface area contributed by atoms with Crippen molar-refractivity contribution in [2.24, 2.45) is 5.73 Å². The molecule has 1 aliphatic heterocycles. The quantitative estimate of drug-likeness (QED) is 0.141. The molecule has 1 aliphatic rings. The fourth-order valence-corrected chi connectivity index (χ4v) is 4.60. The van der Waals surface area contributed by atoms with Crippen molar-refractivity contribution in [1.29, 1.82) is 5.41 Å². The molecule has 6 N–H and O–H groups in total. The van der Waals surface area contributed by atoms with Gasteiger partial charge in [-0.2, -0.15) is 0 Å². The molecule has 0 atom stereocenters. The number of nitrogens with one attached hydrogen (secondary N) is 4. The van der Waals surface area contributed by atoms with E-state index >= 15 is 0 Å². The van der Waals surface area contributed by atoms with E-state index in [0.29, 0.717) is 37.1 Å². The minimum Gasteiger partial charge on any atom is -0.370 e. The topological polar surface area (TPSA) is 127 Å². The number of fused-ring (bicyclic) bond motifs is 1. The summed E-state index contributed by atoms with van der Waals surface area (Å²) in [4.78, 5) is 30.9. The van der Waals surface area contributed by atoms with Crippen LogP contribution >= 0.6 is 0 Å². The van der Waals surface area contributed by atoms with Gasteiger partial charge in [-0.15, -0.1) is 0 Å². The lowest BCUT2D eigenvalue weighted by Crippen LogP contribution is -2.64. The predicted octanol–water partition coefficient (Wildman–Crippen LogP) is 0.921. The van der Waals surface area contributed by atoms with Crippen LogP contribution in [0.2, 0.25) is 0 Å². The number of rotatable bonds is 7. The Balaban J connectivity index is 1.44. The standard InChI is InChI=1S/C26H29BF2N6O2/c27-20-13-16(1-4-21(20)29)2-6-23(36)34-26(8-11-35(12-9-26)25(30)31)24(37)32-10-7-17-15-33-22-5-3-18(28)14-19(17)22/h1-6,13-15,33H,7-12,27H2,(H3,30,31)(H,32,37)(H,34,36)/b6-2+. The molecular weight excluding hydrogens is 477 g/mol. The largest absolute Gasteiger partial charge is 0.370 e. The summed E-state index contributed by atoms with van der Waals surface area (Å²) in [6, 6.07) is 9.04. The molecule has 37 heavy (non-hydrogen) atoms. The molecular formula is C26H29BF2N6O2. The van der Waals surface area contributed by atoms with E-state index in [9.17, 15) is 18.4 Å². The molecule has 0 radical (unpaired) electrons. The molecule has 0 spiro atoms. The third kappa shape index (κ3) is 5.99. The van der Waals surface area contributed by atoms with Crippen LogP contribution in [-0.4, -0.2) is 60.7 Å². The Kier molecular flexibility index (Phi) is 7.61. The molecule has 192 valence electrons. The minimum absolute atomic E-state index is 0.0847. The van der Waals surface area contributed by atoms with Gasteiger partial charge in [0.25, 0.3) is 0 Å². The number of halogens is 2. The van der Waals surface area contributed by atoms with Crippen molar-refractivity contribution in [2.45, 2.75) is 24.8 Å². The van der Waals surface area contributed by atoms with Gasteiger partial charge in [0.2, 0.25) is 11.8 Å². The summed E-state index contributed by atoms with van der Waals surface area (Å²) in [5.74, 6) is -1.53. The van der Waals surface area contributed by atoms with Gasteiger partial charge in [-0.25, -0.2) is 8.78 Å². The number of aromatic amines is 1. The molecule has 0 aliphatic carbocycles. The SMILES string of the molecule is Bc1cc(/C=C/C(=O)NC2(C(=O)NCCc3c[nH]c4ccc(F)cc34)CCN(C(=N)N)CC2)ccc1F. The van der Waals surface area contributed by atoms with Crippen molar-refractivity contribution in [2.75, 3.05) is 19.6 Å². The second kappa shape index (κ2) is 10.9. The van der Waals surface area contributed by atoms with Crippen molar-refractivity contribution < 1.29 is 18.4 Å². The van der Waals surface area contributed by atoms with Crippen LogP contribution in [0, 0.1) is 17.0 Å². The molecule has 0 bridgehead atoms. The maximum atomic E-state index is 13.7. The molecule has 2 amide bonds. The lowest BCUT2D eigenvalue weighted by molar-refractivity contribution is -0.133. The van der Waals surface area contributed by atoms with Crippen LogP contribution in [0.4, 0.5) is 8.78 Å². The lowest BCUT2D eigenvalue weighted by atomic mass is 9.86. The van der Waals surface area contributed by atoms with Crippen LogP contribution in [0.3, 0.4) is 0 Å². The van der Waals surface area contributed by atoms with Crippen LogP contribution in [0.25, 0.3) is 17.0 Å². The van der Waals surface area contributed by atoms with Crippen LogP contribution in [-0.2, 0) is 16.0 Å². The number of likely N-dealkylation sites (tertiary alicyclic amines) is 1. The average molecular weight is 506 g/mol. The van der Waals surface area contributed by atoms with Gasteiger partial charge >= 0.3 is 0 Å². The van der Waals surface area contributed by atoms with Crippen molar-refractivity contribution in [3.63, 3.8) is 0 Å². The van der Waals surface area contributed by atoms with Crippen molar-refractivity contribution in [3.05, 3.63) is 71.4 Å². The number of hydrogen-bond acceptors (Lipinski definition) is 3. The average Bonchev–Trinajstić information content (AvgIpc) is 3.27. The normalized spacial score (nSPS) is 15.1. The number of carbonyl (C=O) groups excluding carboxylic acids is 2. The molecule has 2 aromatic carbocycles. The number of piperidine rings is 1. The molecule has 1 saturated heterocycles. The molecule has 1 aromatic heterocycles. The van der Waals surface area contributed by atoms with Crippen molar-refractivity contribution in [1.82, 2.24) is 20.5 Å². The first kappa shape index (κ1) is 25.9. The number of benzene rings is 2. The Morgan fingerprint density at radius 2 is 1.95 bits per heavy atom. The Morgan fingerprint density at radius 3 is 2.65 bits per heavy atom. The molecule has 1 fully saturated rings. The van der Waals surface area contributed by atoms with Gasteiger partial charge in [-0.3, -0.25) is 15.0 Å². The van der Waals surface area contributed by atoms with Gasteiger partial charge in [-0.05, 0) is 60.7 Å². The zero-order valence-corrected chi connectivity index (χ0v) is 20.5. The number of carbonyl (C=O) groups is 2. The number of amides is 2. The Morgan fingerprint density at radius 1 is 1.19 bits per heavy atom. The van der Waals surface area contributed by atoms with Gasteiger partial charge < -0.3 is 26.3 Å². The first-order chi connectivity index (χ1) is 17.7. The summed E-state index contributed by atoms with van der Waals surface area (Å²) in [5.41, 5.74) is 7.24. The van der Waals surface area contributed by atoms with E-state index in [1.807, 2.05) is 0 Å². The molecule has 2 heterocycles. The number of hydrogen-bond donors (Lipinski definition) is 5. The van der Waals surface area contributed by atoms with Gasteiger partial charge in [0.05, 0.1) is 0 Å². The van der Waals surface area contributed by atoms with E-state index < -0.39 is 11.4 Å². The minimum atomic E-state index is -1.18. The zero-order chi connectivity index (χ0) is 26.6. The summed E-state index contributed by atoms with van der Waals surface area (Å²) in [6.07, 6.45) is 5.69. The first-order valence-corrected chi connectivity index (χ1v) is 12.1. The van der Waals surface area contributed by atoms with Crippen LogP contribution < -0.4 is 21.8 Å². The Labute approximate surface area is 214 Å². The first-order valence-electron chi connectivity index (χ1n) is 12.1. The van der Waals surface area contributed by atoms with E-state index in [-0.39, 0.29) is 36.3 Å². The van der Waals surface area contributed by atoms with E-state index in [1.165, 1.54) is 24.3 Å². The second-order valence-electron chi connectivity index (χ2n) is 9.30. The number of nitrogens with two attached hydrogens (primary N) is 1.